The van der Waals surface area contributed by atoms with E-state index in [2.05, 4.69) is 32.2 Å². The van der Waals surface area contributed by atoms with Crippen molar-refractivity contribution in [2.75, 3.05) is 25.6 Å². The normalized spacial score (nSPS) is 27.4. The number of anilines is 1. The van der Waals surface area contributed by atoms with Crippen molar-refractivity contribution < 1.29 is 43.9 Å². The molecule has 2 aliphatic carbocycles. The molecule has 6 N–H and O–H groups in total. The second kappa shape index (κ2) is 11.4. The molecule has 2 saturated carbocycles. The summed E-state index contributed by atoms with van der Waals surface area (Å²) < 4.78 is 29.1. The number of aliphatic hydroxyl groups is 3. The third kappa shape index (κ3) is 6.59. The van der Waals surface area contributed by atoms with Gasteiger partial charge in [-0.2, -0.15) is 5.10 Å². The first-order chi connectivity index (χ1) is 18.6. The molecule has 3 heterocycles. The van der Waals surface area contributed by atoms with Crippen LogP contribution >= 0.6 is 7.60 Å². The van der Waals surface area contributed by atoms with Gasteiger partial charge in [0.05, 0.1) is 31.3 Å². The highest BCUT2D eigenvalue weighted by atomic mass is 31.2. The molecule has 1 unspecified atom stereocenters. The summed E-state index contributed by atoms with van der Waals surface area (Å²) in [4.78, 5) is 28.0. The Labute approximate surface area is 224 Å². The lowest BCUT2D eigenvalue weighted by atomic mass is 10.1. The fourth-order valence-electron chi connectivity index (χ4n) is 4.81. The van der Waals surface area contributed by atoms with Crippen molar-refractivity contribution in [2.24, 2.45) is 0 Å². The predicted octanol–water partition coefficient (Wildman–Crippen LogP) is -0.287. The molecule has 14 nitrogen and oxygen atoms in total. The highest BCUT2D eigenvalue weighted by Gasteiger charge is 2.44. The lowest BCUT2D eigenvalue weighted by Crippen LogP contribution is -2.36. The van der Waals surface area contributed by atoms with Crippen LogP contribution in [0.5, 0.6) is 0 Å². The number of hydrogen-bond acceptors (Lipinski definition) is 11. The molecule has 0 bridgehead atoms. The van der Waals surface area contributed by atoms with Crippen LogP contribution in [-0.4, -0.2) is 107 Å². The molecule has 15 heteroatoms. The van der Waals surface area contributed by atoms with Crippen LogP contribution in [-0.2, 0) is 25.3 Å². The van der Waals surface area contributed by atoms with Gasteiger partial charge in [-0.25, -0.2) is 14.6 Å². The van der Waals surface area contributed by atoms with Crippen molar-refractivity contribution in [3.05, 3.63) is 12.0 Å². The predicted molar refractivity (Wildman–Crippen MR) is 137 cm³/mol. The fraction of sp³-hybridized carbons (Fsp3) is 0.708. The maximum absolute atomic E-state index is 11.6. The molecule has 0 spiro atoms. The largest absolute Gasteiger partial charge is 0.388 e. The summed E-state index contributed by atoms with van der Waals surface area (Å²) in [6.07, 6.45) is 2.55. The van der Waals surface area contributed by atoms with Gasteiger partial charge in [-0.15, -0.1) is 0 Å². The zero-order chi connectivity index (χ0) is 27.8. The van der Waals surface area contributed by atoms with Crippen molar-refractivity contribution in [1.82, 2.24) is 19.7 Å². The van der Waals surface area contributed by atoms with Crippen molar-refractivity contribution in [3.63, 3.8) is 0 Å². The lowest BCUT2D eigenvalue weighted by Gasteiger charge is -2.21. The van der Waals surface area contributed by atoms with Crippen molar-refractivity contribution in [1.29, 1.82) is 0 Å². The molecule has 0 radical (unpaired) electrons. The third-order valence-corrected chi connectivity index (χ3v) is 8.32. The zero-order valence-corrected chi connectivity index (χ0v) is 22.4. The van der Waals surface area contributed by atoms with Gasteiger partial charge in [0, 0.05) is 13.2 Å². The molecule has 0 aromatic carbocycles. The highest BCUT2D eigenvalue weighted by Crippen LogP contribution is 2.42. The molecule has 3 aliphatic rings. The van der Waals surface area contributed by atoms with Crippen LogP contribution in [0.4, 0.5) is 5.82 Å². The van der Waals surface area contributed by atoms with E-state index < -0.39 is 43.5 Å². The Morgan fingerprint density at radius 1 is 1.23 bits per heavy atom. The molecule has 5 rings (SSSR count). The Bertz CT molecular complexity index is 1280. The van der Waals surface area contributed by atoms with Crippen LogP contribution in [0.15, 0.2) is 6.20 Å². The van der Waals surface area contributed by atoms with Gasteiger partial charge in [0.1, 0.15) is 35.8 Å². The van der Waals surface area contributed by atoms with E-state index in [9.17, 15) is 29.7 Å². The van der Waals surface area contributed by atoms with Crippen LogP contribution < -0.4 is 5.32 Å². The summed E-state index contributed by atoms with van der Waals surface area (Å²) in [7, 11) is -3.33. The average Bonchev–Trinajstić information content (AvgIpc) is 3.20. The van der Waals surface area contributed by atoms with Gasteiger partial charge in [-0.05, 0) is 31.6 Å². The first kappa shape index (κ1) is 28.4. The number of fused-ring (bicyclic) bond motifs is 1. The highest BCUT2D eigenvalue weighted by molar-refractivity contribution is 7.52. The molecule has 1 aliphatic heterocycles. The van der Waals surface area contributed by atoms with Gasteiger partial charge in [0.2, 0.25) is 5.82 Å². The molecule has 0 amide bonds. The van der Waals surface area contributed by atoms with E-state index >= 15 is 0 Å². The molecular formula is C24H34N5O9P. The first-order valence-electron chi connectivity index (χ1n) is 13.0. The van der Waals surface area contributed by atoms with E-state index in [1.807, 2.05) is 0 Å². The van der Waals surface area contributed by atoms with Gasteiger partial charge < -0.3 is 44.6 Å². The molecule has 5 atom stereocenters. The number of methoxy groups -OCH3 is 1. The quantitative estimate of drug-likeness (QED) is 0.162. The topological polar surface area (TPSA) is 202 Å². The maximum Gasteiger partial charge on any atom is 0.356 e. The molecule has 214 valence electrons. The minimum atomic E-state index is -4.61. The standard InChI is InChI=1S/C24H34N5O9P/c1-36-13-19(39(33,34)35)37-12-17-21(31)20(30)16(38-17)11-29-23-15(10-25-29)22(26-14-4-2-3-5-14)27-18(28-23)6-7-24(32)8-9-24/h10,14,16-17,19-21,30-32H,2-5,8-9,11-13H2,1H3,(H,26,27,28)(H2,33,34,35)/t16-,17+,19?,20-,21+/m0/s1. The smallest absolute Gasteiger partial charge is 0.356 e. The van der Waals surface area contributed by atoms with Crippen LogP contribution in [0.1, 0.15) is 44.3 Å². The molecule has 3 fully saturated rings. The van der Waals surface area contributed by atoms with E-state index in [4.69, 9.17) is 14.2 Å². The van der Waals surface area contributed by atoms with Gasteiger partial charge in [-0.1, -0.05) is 18.8 Å². The Hall–Kier alpha value is -2.18. The van der Waals surface area contributed by atoms with Crippen LogP contribution in [0.2, 0.25) is 0 Å². The second-order valence-electron chi connectivity index (χ2n) is 10.4. The number of nitrogens with one attached hydrogen (secondary N) is 1. The van der Waals surface area contributed by atoms with Crippen LogP contribution in [0, 0.1) is 11.8 Å². The number of hydrogen-bond donors (Lipinski definition) is 6. The molecule has 1 saturated heterocycles. The van der Waals surface area contributed by atoms with Crippen molar-refractivity contribution in [2.45, 2.75) is 87.0 Å². The SMILES string of the molecule is COCC(OC[C@H]1O[C@@H](Cn2ncc3c(NC4CCCC4)nc(C#CC4(O)CC4)nc32)[C@H](O)[C@@H]1O)P(=O)(O)O. The van der Waals surface area contributed by atoms with Crippen molar-refractivity contribution in [3.8, 4) is 11.8 Å². The van der Waals surface area contributed by atoms with Gasteiger partial charge >= 0.3 is 7.60 Å². The summed E-state index contributed by atoms with van der Waals surface area (Å²) in [6, 6.07) is 0.269. The minimum absolute atomic E-state index is 0.0227. The number of ether oxygens (including phenoxy) is 3. The van der Waals surface area contributed by atoms with Gasteiger partial charge in [0.15, 0.2) is 11.5 Å². The Balaban J connectivity index is 1.35. The first-order valence-corrected chi connectivity index (χ1v) is 14.7. The maximum atomic E-state index is 11.6. The average molecular weight is 568 g/mol. The van der Waals surface area contributed by atoms with Crippen molar-refractivity contribution >= 4 is 24.4 Å². The van der Waals surface area contributed by atoms with E-state index in [0.29, 0.717) is 29.7 Å². The molecule has 2 aromatic heterocycles. The zero-order valence-electron chi connectivity index (χ0n) is 21.5. The number of nitrogens with zero attached hydrogens (tertiary/aromatic N) is 4. The second-order valence-corrected chi connectivity index (χ2v) is 12.1. The molecule has 39 heavy (non-hydrogen) atoms. The fourth-order valence-corrected chi connectivity index (χ4v) is 5.43. The van der Waals surface area contributed by atoms with E-state index in [1.165, 1.54) is 11.8 Å². The molecule has 2 aromatic rings. The summed E-state index contributed by atoms with van der Waals surface area (Å²) in [5.41, 5.74) is -0.543. The van der Waals surface area contributed by atoms with E-state index in [-0.39, 0.29) is 31.6 Å². The van der Waals surface area contributed by atoms with Gasteiger partial charge in [-0.3, -0.25) is 4.57 Å². The third-order valence-electron chi connectivity index (χ3n) is 7.27. The number of aliphatic hydroxyl groups excluding tert-OH is 2. The summed E-state index contributed by atoms with van der Waals surface area (Å²) >= 11 is 0. The molecular weight excluding hydrogens is 533 g/mol. The Kier molecular flexibility index (Phi) is 8.26. The van der Waals surface area contributed by atoms with Crippen LogP contribution in [0.25, 0.3) is 11.0 Å². The summed E-state index contributed by atoms with van der Waals surface area (Å²) in [6.45, 7) is -0.694. The van der Waals surface area contributed by atoms with Crippen LogP contribution in [0.3, 0.4) is 0 Å². The Morgan fingerprint density at radius 3 is 2.62 bits per heavy atom. The Morgan fingerprint density at radius 2 is 1.95 bits per heavy atom. The summed E-state index contributed by atoms with van der Waals surface area (Å²) in [5.74, 6) is 4.99. The number of aromatic nitrogens is 4. The van der Waals surface area contributed by atoms with E-state index in [1.54, 1.807) is 6.20 Å². The van der Waals surface area contributed by atoms with E-state index in [0.717, 1.165) is 25.7 Å². The van der Waals surface area contributed by atoms with Gasteiger partial charge in [0.25, 0.3) is 0 Å². The lowest BCUT2D eigenvalue weighted by molar-refractivity contribution is -0.0670. The monoisotopic (exact) mass is 567 g/mol. The summed E-state index contributed by atoms with van der Waals surface area (Å²) in [5, 5.41) is 39.9. The number of rotatable bonds is 10. The minimum Gasteiger partial charge on any atom is -0.388 e.